The second-order valence-corrected chi connectivity index (χ2v) is 4.74. The van der Waals surface area contributed by atoms with Gasteiger partial charge >= 0.3 is 6.03 Å². The molecule has 0 spiro atoms. The smallest absolute Gasteiger partial charge is 0.319 e. The van der Waals surface area contributed by atoms with E-state index in [9.17, 15) is 4.79 Å². The first kappa shape index (κ1) is 14.1. The number of aromatic nitrogens is 2. The molecule has 4 N–H and O–H groups in total. The standard InChI is InChI=1S/C14H19N5O/c1-10(15)12-3-5-13(6-4-12)18-14(20)16-7-11-8-17-19(2)9-11/h3-6,8-10H,7,15H2,1-2H3,(H2,16,18,20). The highest BCUT2D eigenvalue weighted by Gasteiger charge is 2.04. The average molecular weight is 273 g/mol. The summed E-state index contributed by atoms with van der Waals surface area (Å²) in [5.74, 6) is 0. The molecule has 1 aromatic carbocycles. The Balaban J connectivity index is 1.84. The summed E-state index contributed by atoms with van der Waals surface area (Å²) in [6.45, 7) is 2.36. The minimum atomic E-state index is -0.248. The molecule has 0 aliphatic heterocycles. The number of benzene rings is 1. The molecule has 0 radical (unpaired) electrons. The fourth-order valence-electron chi connectivity index (χ4n) is 1.79. The van der Waals surface area contributed by atoms with Gasteiger partial charge in [0.05, 0.1) is 6.20 Å². The predicted molar refractivity (Wildman–Crippen MR) is 78.1 cm³/mol. The fourth-order valence-corrected chi connectivity index (χ4v) is 1.79. The molecule has 6 heteroatoms. The molecular weight excluding hydrogens is 254 g/mol. The van der Waals surface area contributed by atoms with Crippen LogP contribution in [0.1, 0.15) is 24.1 Å². The lowest BCUT2D eigenvalue weighted by Crippen LogP contribution is -2.28. The quantitative estimate of drug-likeness (QED) is 0.793. The van der Waals surface area contributed by atoms with Gasteiger partial charge in [-0.3, -0.25) is 4.68 Å². The average Bonchev–Trinajstić information content (AvgIpc) is 2.83. The summed E-state index contributed by atoms with van der Waals surface area (Å²) in [6.07, 6.45) is 3.58. The van der Waals surface area contributed by atoms with Crippen molar-refractivity contribution >= 4 is 11.7 Å². The number of hydrogen-bond acceptors (Lipinski definition) is 3. The van der Waals surface area contributed by atoms with Crippen LogP contribution in [0.3, 0.4) is 0 Å². The van der Waals surface area contributed by atoms with Crippen molar-refractivity contribution in [3.05, 3.63) is 47.8 Å². The third-order valence-electron chi connectivity index (χ3n) is 2.91. The van der Waals surface area contributed by atoms with Gasteiger partial charge in [-0.05, 0) is 24.6 Å². The number of hydrogen-bond donors (Lipinski definition) is 3. The molecule has 20 heavy (non-hydrogen) atoms. The van der Waals surface area contributed by atoms with E-state index in [1.165, 1.54) is 0 Å². The molecule has 0 saturated heterocycles. The number of nitrogens with one attached hydrogen (secondary N) is 2. The minimum absolute atomic E-state index is 0.0107. The van der Waals surface area contributed by atoms with Crippen molar-refractivity contribution in [2.45, 2.75) is 19.5 Å². The van der Waals surface area contributed by atoms with Crippen molar-refractivity contribution in [2.75, 3.05) is 5.32 Å². The van der Waals surface area contributed by atoms with Gasteiger partial charge < -0.3 is 16.4 Å². The summed E-state index contributed by atoms with van der Waals surface area (Å²) < 4.78 is 1.70. The zero-order valence-corrected chi connectivity index (χ0v) is 11.6. The molecule has 2 amide bonds. The maximum absolute atomic E-state index is 11.7. The number of carbonyl (C=O) groups excluding carboxylic acids is 1. The topological polar surface area (TPSA) is 85.0 Å². The lowest BCUT2D eigenvalue weighted by atomic mass is 10.1. The van der Waals surface area contributed by atoms with E-state index in [2.05, 4.69) is 15.7 Å². The van der Waals surface area contributed by atoms with Gasteiger partial charge in [0, 0.05) is 37.1 Å². The normalized spacial score (nSPS) is 11.9. The Morgan fingerprint density at radius 1 is 1.40 bits per heavy atom. The van der Waals surface area contributed by atoms with Gasteiger partial charge in [-0.2, -0.15) is 5.10 Å². The van der Waals surface area contributed by atoms with Gasteiger partial charge in [-0.15, -0.1) is 0 Å². The molecule has 0 fully saturated rings. The second kappa shape index (κ2) is 6.21. The van der Waals surface area contributed by atoms with Crippen LogP contribution in [0, 0.1) is 0 Å². The monoisotopic (exact) mass is 273 g/mol. The Bertz CT molecular complexity index is 574. The van der Waals surface area contributed by atoms with Crippen LogP contribution in [-0.4, -0.2) is 15.8 Å². The Morgan fingerprint density at radius 3 is 2.65 bits per heavy atom. The van der Waals surface area contributed by atoms with Gasteiger partial charge in [0.15, 0.2) is 0 Å². The molecule has 6 nitrogen and oxygen atoms in total. The summed E-state index contributed by atoms with van der Waals surface area (Å²) in [5, 5.41) is 9.57. The number of anilines is 1. The highest BCUT2D eigenvalue weighted by atomic mass is 16.2. The number of amides is 2. The maximum Gasteiger partial charge on any atom is 0.319 e. The van der Waals surface area contributed by atoms with Crippen molar-refractivity contribution in [1.82, 2.24) is 15.1 Å². The van der Waals surface area contributed by atoms with Gasteiger partial charge in [-0.1, -0.05) is 12.1 Å². The molecule has 1 atom stereocenters. The van der Waals surface area contributed by atoms with Crippen LogP contribution in [-0.2, 0) is 13.6 Å². The van der Waals surface area contributed by atoms with Crippen molar-refractivity contribution in [2.24, 2.45) is 12.8 Å². The number of nitrogens with two attached hydrogens (primary N) is 1. The van der Waals surface area contributed by atoms with Gasteiger partial charge in [0.1, 0.15) is 0 Å². The highest BCUT2D eigenvalue weighted by Crippen LogP contribution is 2.13. The SMILES string of the molecule is CC(N)c1ccc(NC(=O)NCc2cnn(C)c2)cc1. The molecule has 1 heterocycles. The number of rotatable bonds is 4. The Hall–Kier alpha value is -2.34. The third kappa shape index (κ3) is 3.83. The third-order valence-corrected chi connectivity index (χ3v) is 2.91. The molecule has 0 saturated carbocycles. The van der Waals surface area contributed by atoms with Gasteiger partial charge in [0.2, 0.25) is 0 Å². The summed E-state index contributed by atoms with van der Waals surface area (Å²) in [6, 6.07) is 7.22. The molecule has 1 aromatic heterocycles. The molecule has 2 rings (SSSR count). The molecule has 0 aliphatic carbocycles. The Morgan fingerprint density at radius 2 is 2.10 bits per heavy atom. The first-order chi connectivity index (χ1) is 9.54. The number of aryl methyl sites for hydroxylation is 1. The van der Waals surface area contributed by atoms with Crippen molar-refractivity contribution in [3.63, 3.8) is 0 Å². The van der Waals surface area contributed by atoms with E-state index in [0.717, 1.165) is 16.8 Å². The van der Waals surface area contributed by atoms with Gasteiger partial charge in [-0.25, -0.2) is 4.79 Å². The number of nitrogens with zero attached hydrogens (tertiary/aromatic N) is 2. The molecule has 0 bridgehead atoms. The molecular formula is C14H19N5O. The fraction of sp³-hybridized carbons (Fsp3) is 0.286. The molecule has 1 unspecified atom stereocenters. The first-order valence-corrected chi connectivity index (χ1v) is 6.42. The number of urea groups is 1. The van der Waals surface area contributed by atoms with E-state index in [-0.39, 0.29) is 12.1 Å². The molecule has 0 aliphatic rings. The van der Waals surface area contributed by atoms with Gasteiger partial charge in [0.25, 0.3) is 0 Å². The lowest BCUT2D eigenvalue weighted by Gasteiger charge is -2.09. The first-order valence-electron chi connectivity index (χ1n) is 6.42. The molecule has 2 aromatic rings. The largest absolute Gasteiger partial charge is 0.334 e. The van der Waals surface area contributed by atoms with Crippen LogP contribution < -0.4 is 16.4 Å². The van der Waals surface area contributed by atoms with E-state index in [4.69, 9.17) is 5.73 Å². The second-order valence-electron chi connectivity index (χ2n) is 4.74. The van der Waals surface area contributed by atoms with Crippen LogP contribution in [0.25, 0.3) is 0 Å². The number of carbonyl (C=O) groups is 1. The summed E-state index contributed by atoms with van der Waals surface area (Å²) in [5.41, 5.74) is 8.49. The Labute approximate surface area is 118 Å². The van der Waals surface area contributed by atoms with Crippen LogP contribution in [0.2, 0.25) is 0 Å². The summed E-state index contributed by atoms with van der Waals surface area (Å²) in [4.78, 5) is 11.7. The van der Waals surface area contributed by atoms with Crippen LogP contribution in [0.15, 0.2) is 36.7 Å². The predicted octanol–water partition coefficient (Wildman–Crippen LogP) is 1.76. The minimum Gasteiger partial charge on any atom is -0.334 e. The van der Waals surface area contributed by atoms with E-state index in [1.54, 1.807) is 10.9 Å². The van der Waals surface area contributed by atoms with E-state index in [1.807, 2.05) is 44.4 Å². The zero-order valence-electron chi connectivity index (χ0n) is 11.6. The van der Waals surface area contributed by atoms with Crippen molar-refractivity contribution < 1.29 is 4.79 Å². The van der Waals surface area contributed by atoms with Crippen molar-refractivity contribution in [3.8, 4) is 0 Å². The Kier molecular flexibility index (Phi) is 4.37. The van der Waals surface area contributed by atoms with E-state index < -0.39 is 0 Å². The van der Waals surface area contributed by atoms with Crippen LogP contribution in [0.5, 0.6) is 0 Å². The zero-order chi connectivity index (χ0) is 14.5. The summed E-state index contributed by atoms with van der Waals surface area (Å²) in [7, 11) is 1.84. The van der Waals surface area contributed by atoms with Crippen LogP contribution in [0.4, 0.5) is 10.5 Å². The lowest BCUT2D eigenvalue weighted by molar-refractivity contribution is 0.251. The van der Waals surface area contributed by atoms with E-state index >= 15 is 0 Å². The van der Waals surface area contributed by atoms with Crippen molar-refractivity contribution in [1.29, 1.82) is 0 Å². The highest BCUT2D eigenvalue weighted by molar-refractivity contribution is 5.89. The maximum atomic E-state index is 11.7. The summed E-state index contributed by atoms with van der Waals surface area (Å²) >= 11 is 0. The molecule has 106 valence electrons. The van der Waals surface area contributed by atoms with E-state index in [0.29, 0.717) is 6.54 Å². The van der Waals surface area contributed by atoms with Crippen LogP contribution >= 0.6 is 0 Å².